The van der Waals surface area contributed by atoms with Gasteiger partial charge in [-0.1, -0.05) is 32.8 Å². The summed E-state index contributed by atoms with van der Waals surface area (Å²) in [5.41, 5.74) is 1.32. The van der Waals surface area contributed by atoms with E-state index in [1.165, 1.54) is 24.8 Å². The van der Waals surface area contributed by atoms with Gasteiger partial charge in [0.1, 0.15) is 5.82 Å². The van der Waals surface area contributed by atoms with Gasteiger partial charge in [0, 0.05) is 31.9 Å². The summed E-state index contributed by atoms with van der Waals surface area (Å²) in [5, 5.41) is 3.61. The first-order valence-corrected chi connectivity index (χ1v) is 7.26. The minimum Gasteiger partial charge on any atom is -0.354 e. The van der Waals surface area contributed by atoms with Crippen LogP contribution in [0, 0.1) is 0 Å². The average molecular weight is 247 g/mol. The highest BCUT2D eigenvalue weighted by molar-refractivity contribution is 5.40. The van der Waals surface area contributed by atoms with Gasteiger partial charge in [-0.15, -0.1) is 0 Å². The zero-order chi connectivity index (χ0) is 12.8. The van der Waals surface area contributed by atoms with Crippen LogP contribution in [0.5, 0.6) is 0 Å². The first-order valence-electron chi connectivity index (χ1n) is 7.26. The number of hydrogen-bond acceptors (Lipinski definition) is 3. The van der Waals surface area contributed by atoms with Crippen molar-refractivity contribution >= 4 is 5.82 Å². The molecule has 1 atom stereocenters. The predicted octanol–water partition coefficient (Wildman–Crippen LogP) is 2.61. The molecule has 18 heavy (non-hydrogen) atoms. The largest absolute Gasteiger partial charge is 0.354 e. The first-order chi connectivity index (χ1) is 8.83. The first kappa shape index (κ1) is 13.3. The normalized spacial score (nSPS) is 20.1. The van der Waals surface area contributed by atoms with Gasteiger partial charge in [0.15, 0.2) is 0 Å². The van der Waals surface area contributed by atoms with E-state index in [9.17, 15) is 0 Å². The predicted molar refractivity (Wildman–Crippen MR) is 77.1 cm³/mol. The summed E-state index contributed by atoms with van der Waals surface area (Å²) in [6.07, 6.45) is 6.95. The maximum absolute atomic E-state index is 4.59. The second-order valence-electron chi connectivity index (χ2n) is 5.12. The van der Waals surface area contributed by atoms with E-state index >= 15 is 0 Å². The summed E-state index contributed by atoms with van der Waals surface area (Å²) in [5.74, 6) is 1.13. The molecule has 3 heteroatoms. The fourth-order valence-electron chi connectivity index (χ4n) is 2.49. The standard InChI is InChI=1S/C15H25N3/c1-3-5-6-14-12-18(10-9-16-14)15-8-7-13(4-2)11-17-15/h7-8,11,14,16H,3-6,9-10,12H2,1-2H3. The van der Waals surface area contributed by atoms with E-state index in [0.29, 0.717) is 6.04 Å². The summed E-state index contributed by atoms with van der Waals surface area (Å²) >= 11 is 0. The summed E-state index contributed by atoms with van der Waals surface area (Å²) in [4.78, 5) is 7.00. The average Bonchev–Trinajstić information content (AvgIpc) is 2.45. The number of pyridine rings is 1. The molecule has 0 aromatic carbocycles. The van der Waals surface area contributed by atoms with Crippen LogP contribution in [0.2, 0.25) is 0 Å². The maximum Gasteiger partial charge on any atom is 0.128 e. The van der Waals surface area contributed by atoms with Gasteiger partial charge in [0.2, 0.25) is 0 Å². The highest BCUT2D eigenvalue weighted by Crippen LogP contribution is 2.15. The van der Waals surface area contributed by atoms with Crippen molar-refractivity contribution in [1.82, 2.24) is 10.3 Å². The van der Waals surface area contributed by atoms with Crippen molar-refractivity contribution in [3.63, 3.8) is 0 Å². The molecule has 1 saturated heterocycles. The molecular weight excluding hydrogens is 222 g/mol. The topological polar surface area (TPSA) is 28.2 Å². The Labute approximate surface area is 111 Å². The van der Waals surface area contributed by atoms with Crippen LogP contribution in [0.15, 0.2) is 18.3 Å². The van der Waals surface area contributed by atoms with Crippen LogP contribution in [0.1, 0.15) is 38.7 Å². The van der Waals surface area contributed by atoms with Gasteiger partial charge in [0.05, 0.1) is 0 Å². The van der Waals surface area contributed by atoms with E-state index in [1.54, 1.807) is 0 Å². The molecule has 1 N–H and O–H groups in total. The van der Waals surface area contributed by atoms with Gasteiger partial charge in [-0.05, 0) is 24.5 Å². The van der Waals surface area contributed by atoms with Crippen LogP contribution in [0.4, 0.5) is 5.82 Å². The van der Waals surface area contributed by atoms with E-state index < -0.39 is 0 Å². The third-order valence-electron chi connectivity index (χ3n) is 3.70. The number of nitrogens with zero attached hydrogens (tertiary/aromatic N) is 2. The molecule has 1 aromatic heterocycles. The number of unbranched alkanes of at least 4 members (excludes halogenated alkanes) is 1. The number of aryl methyl sites for hydroxylation is 1. The number of nitrogens with one attached hydrogen (secondary N) is 1. The Morgan fingerprint density at radius 1 is 1.39 bits per heavy atom. The van der Waals surface area contributed by atoms with Crippen molar-refractivity contribution in [3.8, 4) is 0 Å². The van der Waals surface area contributed by atoms with E-state index in [2.05, 4.69) is 41.2 Å². The van der Waals surface area contributed by atoms with Crippen LogP contribution in [-0.4, -0.2) is 30.7 Å². The maximum atomic E-state index is 4.59. The van der Waals surface area contributed by atoms with Gasteiger partial charge in [-0.2, -0.15) is 0 Å². The molecule has 2 heterocycles. The molecule has 0 amide bonds. The molecular formula is C15H25N3. The molecule has 1 aliphatic heterocycles. The Bertz CT molecular complexity index is 347. The lowest BCUT2D eigenvalue weighted by Gasteiger charge is -2.34. The number of aromatic nitrogens is 1. The fourth-order valence-corrected chi connectivity index (χ4v) is 2.49. The monoisotopic (exact) mass is 247 g/mol. The lowest BCUT2D eigenvalue weighted by atomic mass is 10.1. The molecule has 1 aliphatic rings. The van der Waals surface area contributed by atoms with Gasteiger partial charge in [-0.25, -0.2) is 4.98 Å². The molecule has 0 aliphatic carbocycles. The molecule has 0 spiro atoms. The highest BCUT2D eigenvalue weighted by atomic mass is 15.2. The summed E-state index contributed by atoms with van der Waals surface area (Å²) < 4.78 is 0. The van der Waals surface area contributed by atoms with Crippen molar-refractivity contribution in [2.45, 2.75) is 45.6 Å². The van der Waals surface area contributed by atoms with Crippen molar-refractivity contribution < 1.29 is 0 Å². The Morgan fingerprint density at radius 2 is 2.28 bits per heavy atom. The third kappa shape index (κ3) is 3.45. The summed E-state index contributed by atoms with van der Waals surface area (Å²) in [7, 11) is 0. The van der Waals surface area contributed by atoms with E-state index in [1.807, 2.05) is 6.20 Å². The van der Waals surface area contributed by atoms with Gasteiger partial charge in [0.25, 0.3) is 0 Å². The minimum absolute atomic E-state index is 0.631. The van der Waals surface area contributed by atoms with Gasteiger partial charge >= 0.3 is 0 Å². The van der Waals surface area contributed by atoms with Crippen LogP contribution in [0.3, 0.4) is 0 Å². The number of anilines is 1. The van der Waals surface area contributed by atoms with Crippen molar-refractivity contribution in [2.75, 3.05) is 24.5 Å². The van der Waals surface area contributed by atoms with Crippen LogP contribution in [0.25, 0.3) is 0 Å². The lowest BCUT2D eigenvalue weighted by molar-refractivity contribution is 0.421. The summed E-state index contributed by atoms with van der Waals surface area (Å²) in [6, 6.07) is 5.00. The molecule has 1 fully saturated rings. The van der Waals surface area contributed by atoms with Gasteiger partial charge < -0.3 is 10.2 Å². The Balaban J connectivity index is 1.94. The molecule has 100 valence electrons. The minimum atomic E-state index is 0.631. The van der Waals surface area contributed by atoms with E-state index in [0.717, 1.165) is 31.9 Å². The number of hydrogen-bond donors (Lipinski definition) is 1. The molecule has 0 saturated carbocycles. The van der Waals surface area contributed by atoms with Crippen LogP contribution >= 0.6 is 0 Å². The molecule has 1 aromatic rings. The van der Waals surface area contributed by atoms with Crippen molar-refractivity contribution in [3.05, 3.63) is 23.9 Å². The SMILES string of the molecule is CCCCC1CN(c2ccc(CC)cn2)CCN1. The fraction of sp³-hybridized carbons (Fsp3) is 0.667. The molecule has 0 bridgehead atoms. The Kier molecular flexibility index (Phi) is 5.00. The smallest absolute Gasteiger partial charge is 0.128 e. The highest BCUT2D eigenvalue weighted by Gasteiger charge is 2.19. The lowest BCUT2D eigenvalue weighted by Crippen LogP contribution is -2.50. The van der Waals surface area contributed by atoms with E-state index in [-0.39, 0.29) is 0 Å². The number of piperazine rings is 1. The second-order valence-corrected chi connectivity index (χ2v) is 5.12. The third-order valence-corrected chi connectivity index (χ3v) is 3.70. The zero-order valence-corrected chi connectivity index (χ0v) is 11.7. The van der Waals surface area contributed by atoms with Crippen molar-refractivity contribution in [1.29, 1.82) is 0 Å². The quantitative estimate of drug-likeness (QED) is 0.867. The summed E-state index contributed by atoms with van der Waals surface area (Å²) in [6.45, 7) is 7.67. The molecule has 2 rings (SSSR count). The van der Waals surface area contributed by atoms with E-state index in [4.69, 9.17) is 0 Å². The molecule has 0 radical (unpaired) electrons. The van der Waals surface area contributed by atoms with Gasteiger partial charge in [-0.3, -0.25) is 0 Å². The van der Waals surface area contributed by atoms with Crippen LogP contribution in [-0.2, 0) is 6.42 Å². The Morgan fingerprint density at radius 3 is 2.94 bits per heavy atom. The number of rotatable bonds is 5. The molecule has 3 nitrogen and oxygen atoms in total. The molecule has 1 unspecified atom stereocenters. The van der Waals surface area contributed by atoms with Crippen molar-refractivity contribution in [2.24, 2.45) is 0 Å². The zero-order valence-electron chi connectivity index (χ0n) is 11.7. The Hall–Kier alpha value is -1.09. The second kappa shape index (κ2) is 6.74. The van der Waals surface area contributed by atoms with Crippen LogP contribution < -0.4 is 10.2 Å².